The van der Waals surface area contributed by atoms with E-state index < -0.39 is 0 Å². The number of hydrogen-bond donors (Lipinski definition) is 2. The maximum atomic E-state index is 8.21. The number of oxime groups is 1. The fourth-order valence-electron chi connectivity index (χ4n) is 0.723. The fourth-order valence-corrected chi connectivity index (χ4v) is 0.890. The van der Waals surface area contributed by atoms with Crippen LogP contribution in [0.4, 0.5) is 5.69 Å². The van der Waals surface area contributed by atoms with Gasteiger partial charge in [-0.15, -0.1) is 0 Å². The van der Waals surface area contributed by atoms with Crippen molar-refractivity contribution < 1.29 is 5.21 Å². The highest BCUT2D eigenvalue weighted by atomic mass is 35.5. The van der Waals surface area contributed by atoms with Gasteiger partial charge in [-0.05, 0) is 18.2 Å². The molecule has 0 atom stereocenters. The number of hydrogen-bond acceptors (Lipinski definition) is 3. The number of halogens is 1. The van der Waals surface area contributed by atoms with Gasteiger partial charge >= 0.3 is 0 Å². The molecule has 0 saturated heterocycles. The Morgan fingerprint density at radius 3 is 2.91 bits per heavy atom. The molecule has 0 unspecified atom stereocenters. The zero-order valence-electron chi connectivity index (χ0n) is 5.66. The minimum absolute atomic E-state index is 0.511. The zero-order chi connectivity index (χ0) is 8.27. The lowest BCUT2D eigenvalue weighted by molar-refractivity contribution is 0.322. The number of nitrogens with two attached hydrogens (primary N) is 1. The molecule has 1 rings (SSSR count). The van der Waals surface area contributed by atoms with E-state index in [0.717, 1.165) is 0 Å². The van der Waals surface area contributed by atoms with Gasteiger partial charge in [0.2, 0.25) is 0 Å². The van der Waals surface area contributed by atoms with Crippen molar-refractivity contribution in [3.05, 3.63) is 28.8 Å². The Labute approximate surface area is 69.1 Å². The van der Waals surface area contributed by atoms with Crippen LogP contribution in [0.3, 0.4) is 0 Å². The molecule has 0 aliphatic heterocycles. The van der Waals surface area contributed by atoms with Gasteiger partial charge in [0, 0.05) is 16.3 Å². The summed E-state index contributed by atoms with van der Waals surface area (Å²) in [5, 5.41) is 11.6. The third-order valence-corrected chi connectivity index (χ3v) is 1.56. The Morgan fingerprint density at radius 1 is 1.55 bits per heavy atom. The normalized spacial score (nSPS) is 10.6. The fraction of sp³-hybridized carbons (Fsp3) is 0. The molecule has 0 aromatic heterocycles. The molecular weight excluding hydrogens is 164 g/mol. The number of benzene rings is 1. The summed E-state index contributed by atoms with van der Waals surface area (Å²) in [7, 11) is 0. The second kappa shape index (κ2) is 3.25. The molecule has 0 heterocycles. The lowest BCUT2D eigenvalue weighted by Crippen LogP contribution is -1.88. The van der Waals surface area contributed by atoms with Gasteiger partial charge in [0.25, 0.3) is 0 Å². The molecule has 0 amide bonds. The van der Waals surface area contributed by atoms with E-state index in [4.69, 9.17) is 22.5 Å². The van der Waals surface area contributed by atoms with Crippen LogP contribution in [0.5, 0.6) is 0 Å². The first-order valence-electron chi connectivity index (χ1n) is 2.96. The third kappa shape index (κ3) is 1.85. The Balaban J connectivity index is 3.12. The minimum Gasteiger partial charge on any atom is -0.411 e. The van der Waals surface area contributed by atoms with Crippen LogP contribution in [0, 0.1) is 0 Å². The van der Waals surface area contributed by atoms with Gasteiger partial charge in [-0.25, -0.2) is 0 Å². The van der Waals surface area contributed by atoms with Gasteiger partial charge in [-0.2, -0.15) is 0 Å². The maximum Gasteiger partial charge on any atom is 0.0749 e. The predicted octanol–water partition coefficient (Wildman–Crippen LogP) is 1.73. The summed E-state index contributed by atoms with van der Waals surface area (Å²) in [6.07, 6.45) is 1.23. The molecule has 3 N–H and O–H groups in total. The lowest BCUT2D eigenvalue weighted by atomic mass is 10.2. The molecule has 0 radical (unpaired) electrons. The quantitative estimate of drug-likeness (QED) is 0.292. The van der Waals surface area contributed by atoms with E-state index in [-0.39, 0.29) is 0 Å². The Kier molecular flexibility index (Phi) is 2.33. The van der Waals surface area contributed by atoms with Crippen LogP contribution in [0.2, 0.25) is 5.02 Å². The maximum absolute atomic E-state index is 8.21. The van der Waals surface area contributed by atoms with Crippen LogP contribution in [-0.2, 0) is 0 Å². The molecule has 58 valence electrons. The van der Waals surface area contributed by atoms with E-state index in [0.29, 0.717) is 16.3 Å². The summed E-state index contributed by atoms with van der Waals surface area (Å²) in [5.74, 6) is 0. The Bertz CT molecular complexity index is 286. The molecule has 1 aromatic carbocycles. The predicted molar refractivity (Wildman–Crippen MR) is 45.2 cm³/mol. The van der Waals surface area contributed by atoms with Crippen molar-refractivity contribution in [1.82, 2.24) is 0 Å². The molecule has 0 aliphatic carbocycles. The van der Waals surface area contributed by atoms with Crippen LogP contribution in [0.15, 0.2) is 23.4 Å². The number of nitrogens with zero attached hydrogens (tertiary/aromatic N) is 1. The Morgan fingerprint density at radius 2 is 2.27 bits per heavy atom. The van der Waals surface area contributed by atoms with Gasteiger partial charge in [0.15, 0.2) is 0 Å². The molecule has 0 fully saturated rings. The first kappa shape index (κ1) is 7.88. The monoisotopic (exact) mass is 170 g/mol. The summed E-state index contributed by atoms with van der Waals surface area (Å²) >= 11 is 5.72. The van der Waals surface area contributed by atoms with Crippen molar-refractivity contribution in [2.24, 2.45) is 5.16 Å². The van der Waals surface area contributed by atoms with Gasteiger partial charge in [-0.3, -0.25) is 0 Å². The van der Waals surface area contributed by atoms with E-state index >= 15 is 0 Å². The second-order valence-electron chi connectivity index (χ2n) is 2.03. The summed E-state index contributed by atoms with van der Waals surface area (Å²) in [6, 6.07) is 4.95. The van der Waals surface area contributed by atoms with Crippen molar-refractivity contribution in [3.63, 3.8) is 0 Å². The standard InChI is InChI=1S/C7H7ClN2O/c8-7-2-1-6(9)3-5(7)4-10-11/h1-4,11H,9H2/b10-4+. The number of nitrogen functional groups attached to an aromatic ring is 1. The lowest BCUT2D eigenvalue weighted by Gasteiger charge is -1.97. The van der Waals surface area contributed by atoms with Crippen molar-refractivity contribution in [2.75, 3.05) is 5.73 Å². The molecule has 4 heteroatoms. The van der Waals surface area contributed by atoms with Gasteiger partial charge in [0.1, 0.15) is 0 Å². The van der Waals surface area contributed by atoms with E-state index in [1.807, 2.05) is 0 Å². The molecule has 0 bridgehead atoms. The highest BCUT2D eigenvalue weighted by molar-refractivity contribution is 6.33. The molecule has 11 heavy (non-hydrogen) atoms. The van der Waals surface area contributed by atoms with Gasteiger partial charge < -0.3 is 10.9 Å². The average Bonchev–Trinajstić information content (AvgIpc) is 1.98. The molecule has 3 nitrogen and oxygen atoms in total. The topological polar surface area (TPSA) is 58.6 Å². The van der Waals surface area contributed by atoms with E-state index in [9.17, 15) is 0 Å². The summed E-state index contributed by atoms with van der Waals surface area (Å²) in [5.41, 5.74) is 6.65. The van der Waals surface area contributed by atoms with E-state index in [2.05, 4.69) is 5.16 Å². The van der Waals surface area contributed by atoms with Crippen LogP contribution < -0.4 is 5.73 Å². The van der Waals surface area contributed by atoms with Crippen molar-refractivity contribution in [2.45, 2.75) is 0 Å². The Hall–Kier alpha value is -1.22. The van der Waals surface area contributed by atoms with E-state index in [1.165, 1.54) is 6.21 Å². The van der Waals surface area contributed by atoms with Crippen LogP contribution >= 0.6 is 11.6 Å². The number of rotatable bonds is 1. The van der Waals surface area contributed by atoms with Crippen molar-refractivity contribution in [3.8, 4) is 0 Å². The molecular formula is C7H7ClN2O. The van der Waals surface area contributed by atoms with E-state index in [1.54, 1.807) is 18.2 Å². The van der Waals surface area contributed by atoms with Crippen LogP contribution in [0.25, 0.3) is 0 Å². The summed E-state index contributed by atoms with van der Waals surface area (Å²) in [4.78, 5) is 0. The van der Waals surface area contributed by atoms with Crippen LogP contribution in [0.1, 0.15) is 5.56 Å². The average molecular weight is 171 g/mol. The molecule has 0 spiro atoms. The first-order valence-corrected chi connectivity index (χ1v) is 3.34. The summed E-state index contributed by atoms with van der Waals surface area (Å²) < 4.78 is 0. The highest BCUT2D eigenvalue weighted by Gasteiger charge is 1.96. The van der Waals surface area contributed by atoms with Gasteiger partial charge in [0.05, 0.1) is 6.21 Å². The third-order valence-electron chi connectivity index (χ3n) is 1.22. The number of anilines is 1. The molecule has 0 saturated carbocycles. The second-order valence-corrected chi connectivity index (χ2v) is 2.43. The largest absolute Gasteiger partial charge is 0.411 e. The highest BCUT2D eigenvalue weighted by Crippen LogP contribution is 2.16. The zero-order valence-corrected chi connectivity index (χ0v) is 6.42. The minimum atomic E-state index is 0.511. The van der Waals surface area contributed by atoms with Gasteiger partial charge in [-0.1, -0.05) is 16.8 Å². The molecule has 1 aromatic rings. The van der Waals surface area contributed by atoms with Crippen molar-refractivity contribution >= 4 is 23.5 Å². The van der Waals surface area contributed by atoms with Crippen molar-refractivity contribution in [1.29, 1.82) is 0 Å². The smallest absolute Gasteiger partial charge is 0.0749 e. The molecule has 0 aliphatic rings. The van der Waals surface area contributed by atoms with Crippen LogP contribution in [-0.4, -0.2) is 11.4 Å². The SMILES string of the molecule is Nc1ccc(Cl)c(/C=N/O)c1. The summed E-state index contributed by atoms with van der Waals surface area (Å²) in [6.45, 7) is 0. The first-order chi connectivity index (χ1) is 5.24.